The first-order valence-electron chi connectivity index (χ1n) is 8.75. The van der Waals surface area contributed by atoms with Gasteiger partial charge in [0.2, 0.25) is 0 Å². The lowest BCUT2D eigenvalue weighted by Crippen LogP contribution is -2.25. The van der Waals surface area contributed by atoms with Crippen LogP contribution >= 0.6 is 22.9 Å². The number of aromatic nitrogens is 3. The van der Waals surface area contributed by atoms with Crippen molar-refractivity contribution in [1.29, 1.82) is 0 Å². The summed E-state index contributed by atoms with van der Waals surface area (Å²) in [7, 11) is 0. The molecule has 5 nitrogen and oxygen atoms in total. The molecule has 0 aliphatic heterocycles. The van der Waals surface area contributed by atoms with E-state index >= 15 is 0 Å². The van der Waals surface area contributed by atoms with Crippen LogP contribution in [-0.4, -0.2) is 27.2 Å². The predicted octanol–water partition coefficient (Wildman–Crippen LogP) is 3.83. The van der Waals surface area contributed by atoms with Crippen molar-refractivity contribution in [3.63, 3.8) is 0 Å². The summed E-state index contributed by atoms with van der Waals surface area (Å²) in [6, 6.07) is 7.32. The molecule has 134 valence electrons. The summed E-state index contributed by atoms with van der Waals surface area (Å²) in [5, 5.41) is 8.99. The van der Waals surface area contributed by atoms with E-state index in [0.29, 0.717) is 17.1 Å². The van der Waals surface area contributed by atoms with Gasteiger partial charge in [0.05, 0.1) is 28.1 Å². The van der Waals surface area contributed by atoms with Crippen LogP contribution in [0.5, 0.6) is 0 Å². The second kappa shape index (κ2) is 7.60. The highest BCUT2D eigenvalue weighted by molar-refractivity contribution is 7.11. The van der Waals surface area contributed by atoms with Crippen molar-refractivity contribution in [2.45, 2.75) is 32.1 Å². The minimum absolute atomic E-state index is 0.119. The van der Waals surface area contributed by atoms with Crippen molar-refractivity contribution in [2.24, 2.45) is 0 Å². The molecule has 1 N–H and O–H groups in total. The summed E-state index contributed by atoms with van der Waals surface area (Å²) in [5.74, 6) is -0.119. The molecule has 0 saturated carbocycles. The van der Waals surface area contributed by atoms with Crippen molar-refractivity contribution >= 4 is 28.8 Å². The summed E-state index contributed by atoms with van der Waals surface area (Å²) in [6.45, 7) is 0.581. The number of fused-ring (bicyclic) bond motifs is 1. The normalized spacial score (nSPS) is 13.4. The highest BCUT2D eigenvalue weighted by atomic mass is 35.5. The highest BCUT2D eigenvalue weighted by Gasteiger charge is 2.15. The Balaban J connectivity index is 1.33. The summed E-state index contributed by atoms with van der Waals surface area (Å²) < 4.78 is 1.67. The molecule has 1 aromatic carbocycles. The van der Waals surface area contributed by atoms with Crippen molar-refractivity contribution in [2.75, 3.05) is 6.54 Å². The molecule has 26 heavy (non-hydrogen) atoms. The summed E-state index contributed by atoms with van der Waals surface area (Å²) >= 11 is 7.69. The van der Waals surface area contributed by atoms with Gasteiger partial charge in [0.1, 0.15) is 0 Å². The van der Waals surface area contributed by atoms with Gasteiger partial charge in [-0.05, 0) is 49.9 Å². The Morgan fingerprint density at radius 2 is 2.04 bits per heavy atom. The largest absolute Gasteiger partial charge is 0.352 e. The maximum atomic E-state index is 12.3. The number of carbonyl (C=O) groups is 1. The van der Waals surface area contributed by atoms with E-state index in [1.54, 1.807) is 40.5 Å². The standard InChI is InChI=1S/C19H19ClN4OS/c20-14-5-7-15(8-6-14)24-12-13(11-22-24)19(25)21-10-9-18-23-16-3-1-2-4-17(16)26-18/h5-8,11-12H,1-4,9-10H2,(H,21,25). The molecule has 0 unspecified atom stereocenters. The number of rotatable bonds is 5. The van der Waals surface area contributed by atoms with Gasteiger partial charge in [0.25, 0.3) is 5.91 Å². The molecule has 0 atom stereocenters. The minimum atomic E-state index is -0.119. The Morgan fingerprint density at radius 1 is 1.23 bits per heavy atom. The maximum Gasteiger partial charge on any atom is 0.254 e. The van der Waals surface area contributed by atoms with Crippen LogP contribution in [0.3, 0.4) is 0 Å². The van der Waals surface area contributed by atoms with Crippen LogP contribution < -0.4 is 5.32 Å². The van der Waals surface area contributed by atoms with E-state index in [1.807, 2.05) is 12.1 Å². The summed E-state index contributed by atoms with van der Waals surface area (Å²) in [6.07, 6.45) is 8.83. The van der Waals surface area contributed by atoms with Gasteiger partial charge < -0.3 is 5.32 Å². The lowest BCUT2D eigenvalue weighted by atomic mass is 10.0. The minimum Gasteiger partial charge on any atom is -0.352 e. The molecule has 7 heteroatoms. The molecule has 4 rings (SSSR count). The van der Waals surface area contributed by atoms with Crippen LogP contribution in [0.2, 0.25) is 5.02 Å². The first kappa shape index (κ1) is 17.2. The van der Waals surface area contributed by atoms with Gasteiger partial charge in [-0.3, -0.25) is 4.79 Å². The molecule has 1 aliphatic rings. The van der Waals surface area contributed by atoms with Crippen LogP contribution in [-0.2, 0) is 19.3 Å². The Hall–Kier alpha value is -2.18. The topological polar surface area (TPSA) is 59.8 Å². The number of aryl methyl sites for hydroxylation is 2. The predicted molar refractivity (Wildman–Crippen MR) is 103 cm³/mol. The smallest absolute Gasteiger partial charge is 0.254 e. The van der Waals surface area contributed by atoms with Crippen molar-refractivity contribution in [1.82, 2.24) is 20.1 Å². The van der Waals surface area contributed by atoms with Crippen LogP contribution in [0.25, 0.3) is 5.69 Å². The molecular weight excluding hydrogens is 368 g/mol. The fourth-order valence-electron chi connectivity index (χ4n) is 3.07. The van der Waals surface area contributed by atoms with Crippen molar-refractivity contribution in [3.05, 3.63) is 62.8 Å². The summed E-state index contributed by atoms with van der Waals surface area (Å²) in [4.78, 5) is 18.5. The number of amides is 1. The third-order valence-corrected chi connectivity index (χ3v) is 5.92. The number of hydrogen-bond acceptors (Lipinski definition) is 4. The third kappa shape index (κ3) is 3.81. The van der Waals surface area contributed by atoms with Crippen molar-refractivity contribution < 1.29 is 4.79 Å². The van der Waals surface area contributed by atoms with E-state index in [1.165, 1.54) is 23.4 Å². The van der Waals surface area contributed by atoms with Crippen LogP contribution in [0.1, 0.15) is 38.8 Å². The molecule has 0 saturated heterocycles. The van der Waals surface area contributed by atoms with Gasteiger partial charge in [0, 0.05) is 29.1 Å². The van der Waals surface area contributed by atoms with Gasteiger partial charge in [-0.15, -0.1) is 11.3 Å². The molecular formula is C19H19ClN4OS. The van der Waals surface area contributed by atoms with E-state index in [2.05, 4.69) is 10.4 Å². The number of hydrogen-bond donors (Lipinski definition) is 1. The number of nitrogens with zero attached hydrogens (tertiary/aromatic N) is 3. The molecule has 0 bridgehead atoms. The zero-order valence-electron chi connectivity index (χ0n) is 14.2. The Labute approximate surface area is 161 Å². The SMILES string of the molecule is O=C(NCCc1nc2c(s1)CCCC2)c1cnn(-c2ccc(Cl)cc2)c1. The monoisotopic (exact) mass is 386 g/mol. The highest BCUT2D eigenvalue weighted by Crippen LogP contribution is 2.26. The first-order valence-corrected chi connectivity index (χ1v) is 9.95. The maximum absolute atomic E-state index is 12.3. The number of halogens is 1. The molecule has 3 aromatic rings. The molecule has 0 radical (unpaired) electrons. The fourth-order valence-corrected chi connectivity index (χ4v) is 4.35. The molecule has 0 spiro atoms. The average molecular weight is 387 g/mol. The van der Waals surface area contributed by atoms with E-state index in [4.69, 9.17) is 16.6 Å². The fraction of sp³-hybridized carbons (Fsp3) is 0.316. The number of benzene rings is 1. The van der Waals surface area contributed by atoms with E-state index < -0.39 is 0 Å². The van der Waals surface area contributed by atoms with Gasteiger partial charge in [-0.1, -0.05) is 11.6 Å². The van der Waals surface area contributed by atoms with E-state index in [0.717, 1.165) is 30.0 Å². The molecule has 0 fully saturated rings. The number of carbonyl (C=O) groups excluding carboxylic acids is 1. The van der Waals surface area contributed by atoms with E-state index in [-0.39, 0.29) is 5.91 Å². The van der Waals surface area contributed by atoms with Crippen LogP contribution in [0.4, 0.5) is 0 Å². The van der Waals surface area contributed by atoms with Crippen LogP contribution in [0, 0.1) is 0 Å². The quantitative estimate of drug-likeness (QED) is 0.724. The zero-order valence-corrected chi connectivity index (χ0v) is 15.8. The Bertz CT molecular complexity index is 893. The third-order valence-electron chi connectivity index (χ3n) is 4.45. The van der Waals surface area contributed by atoms with Gasteiger partial charge >= 0.3 is 0 Å². The second-order valence-corrected chi connectivity index (χ2v) is 7.95. The van der Waals surface area contributed by atoms with Crippen LogP contribution in [0.15, 0.2) is 36.7 Å². The lowest BCUT2D eigenvalue weighted by molar-refractivity contribution is 0.0954. The van der Waals surface area contributed by atoms with Gasteiger partial charge in [-0.2, -0.15) is 5.10 Å². The number of nitrogens with one attached hydrogen (secondary N) is 1. The Kier molecular flexibility index (Phi) is 5.04. The Morgan fingerprint density at radius 3 is 2.85 bits per heavy atom. The lowest BCUT2D eigenvalue weighted by Gasteiger charge is -2.06. The van der Waals surface area contributed by atoms with Gasteiger partial charge in [-0.25, -0.2) is 9.67 Å². The van der Waals surface area contributed by atoms with Crippen molar-refractivity contribution in [3.8, 4) is 5.69 Å². The first-order chi connectivity index (χ1) is 12.7. The van der Waals surface area contributed by atoms with E-state index in [9.17, 15) is 4.79 Å². The molecule has 1 amide bonds. The zero-order chi connectivity index (χ0) is 17.9. The van der Waals surface area contributed by atoms with Gasteiger partial charge in [0.15, 0.2) is 0 Å². The molecule has 2 heterocycles. The molecule has 1 aliphatic carbocycles. The second-order valence-electron chi connectivity index (χ2n) is 6.34. The summed E-state index contributed by atoms with van der Waals surface area (Å²) in [5.41, 5.74) is 2.67. The average Bonchev–Trinajstić information content (AvgIpc) is 3.29. The number of thiazole rings is 1. The molecule has 2 aromatic heterocycles.